The van der Waals surface area contributed by atoms with Crippen molar-refractivity contribution in [1.29, 1.82) is 5.39 Å². The smallest absolute Gasteiger partial charge is 0.388 e. The fraction of sp³-hybridized carbons (Fsp3) is 0.0769. The maximum Gasteiger partial charge on any atom is 0.388 e. The molecule has 0 aliphatic rings. The number of benzene rings is 2. The van der Waals surface area contributed by atoms with Crippen molar-refractivity contribution < 1.29 is 4.74 Å². The van der Waals surface area contributed by atoms with Gasteiger partial charge in [0.05, 0.1) is 18.9 Å². The summed E-state index contributed by atoms with van der Waals surface area (Å²) in [5.74, 6) is 0.629. The second-order valence-corrected chi connectivity index (χ2v) is 3.48. The van der Waals surface area contributed by atoms with Crippen LogP contribution in [0.25, 0.3) is 4.98 Å². The molecular formula is C13H12N3O+. The number of rotatable bonds is 3. The van der Waals surface area contributed by atoms with Crippen LogP contribution in [0, 0.1) is 5.39 Å². The van der Waals surface area contributed by atoms with Crippen molar-refractivity contribution in [3.05, 3.63) is 53.5 Å². The first-order chi connectivity index (χ1) is 8.33. The summed E-state index contributed by atoms with van der Waals surface area (Å²) in [5.41, 5.74) is 2.26. The lowest BCUT2D eigenvalue weighted by Gasteiger charge is -2.09. The molecule has 0 aromatic heterocycles. The van der Waals surface area contributed by atoms with Gasteiger partial charge in [0, 0.05) is 11.8 Å². The van der Waals surface area contributed by atoms with Gasteiger partial charge < -0.3 is 10.1 Å². The van der Waals surface area contributed by atoms with E-state index in [9.17, 15) is 0 Å². The van der Waals surface area contributed by atoms with Crippen molar-refractivity contribution in [1.82, 2.24) is 0 Å². The molecule has 17 heavy (non-hydrogen) atoms. The van der Waals surface area contributed by atoms with Crippen LogP contribution in [0.1, 0.15) is 0 Å². The number of methoxy groups -OCH3 is 1. The van der Waals surface area contributed by atoms with E-state index in [0.29, 0.717) is 11.4 Å². The largest absolute Gasteiger partial charge is 0.494 e. The number of nitrogens with one attached hydrogen (secondary N) is 1. The minimum atomic E-state index is 0.459. The van der Waals surface area contributed by atoms with Crippen molar-refractivity contribution in [3.8, 4) is 5.75 Å². The van der Waals surface area contributed by atoms with Crippen molar-refractivity contribution in [3.63, 3.8) is 0 Å². The molecule has 2 aromatic rings. The molecule has 0 heterocycles. The monoisotopic (exact) mass is 226 g/mol. The SMILES string of the molecule is COc1cc([N+]#N)ccc1Nc1ccccc1. The van der Waals surface area contributed by atoms with E-state index in [1.54, 1.807) is 25.3 Å². The maximum atomic E-state index is 8.69. The topological polar surface area (TPSA) is 49.4 Å². The van der Waals surface area contributed by atoms with Gasteiger partial charge in [0.1, 0.15) is 5.75 Å². The fourth-order valence-corrected chi connectivity index (χ4v) is 1.52. The molecule has 2 rings (SSSR count). The van der Waals surface area contributed by atoms with Gasteiger partial charge in [-0.3, -0.25) is 0 Å². The lowest BCUT2D eigenvalue weighted by molar-refractivity contribution is 0.417. The highest BCUT2D eigenvalue weighted by atomic mass is 16.5. The van der Waals surface area contributed by atoms with Gasteiger partial charge in [-0.15, -0.1) is 0 Å². The number of anilines is 2. The van der Waals surface area contributed by atoms with Gasteiger partial charge in [-0.2, -0.15) is 0 Å². The third-order valence-corrected chi connectivity index (χ3v) is 2.35. The first-order valence-corrected chi connectivity index (χ1v) is 5.18. The van der Waals surface area contributed by atoms with Crippen LogP contribution in [-0.2, 0) is 0 Å². The predicted molar refractivity (Wildman–Crippen MR) is 67.5 cm³/mol. The average Bonchev–Trinajstić information content (AvgIpc) is 2.40. The summed E-state index contributed by atoms with van der Waals surface area (Å²) in [7, 11) is 1.58. The molecule has 0 fully saturated rings. The van der Waals surface area contributed by atoms with Gasteiger partial charge in [0.2, 0.25) is 5.39 Å². The third-order valence-electron chi connectivity index (χ3n) is 2.35. The van der Waals surface area contributed by atoms with Gasteiger partial charge in [0.15, 0.2) is 4.98 Å². The molecule has 0 saturated heterocycles. The van der Waals surface area contributed by atoms with E-state index in [1.807, 2.05) is 30.3 Å². The average molecular weight is 226 g/mol. The molecule has 0 saturated carbocycles. The summed E-state index contributed by atoms with van der Waals surface area (Å²) in [6.07, 6.45) is 0. The Hall–Kier alpha value is -2.54. The van der Waals surface area contributed by atoms with Crippen LogP contribution in [-0.4, -0.2) is 7.11 Å². The number of hydrogen-bond acceptors (Lipinski definition) is 3. The van der Waals surface area contributed by atoms with Crippen molar-refractivity contribution >= 4 is 17.1 Å². The Morgan fingerprint density at radius 1 is 1.12 bits per heavy atom. The van der Waals surface area contributed by atoms with Crippen LogP contribution in [0.15, 0.2) is 48.5 Å². The summed E-state index contributed by atoms with van der Waals surface area (Å²) in [6.45, 7) is 0. The van der Waals surface area contributed by atoms with Gasteiger partial charge in [-0.1, -0.05) is 18.2 Å². The van der Waals surface area contributed by atoms with Crippen LogP contribution < -0.4 is 10.1 Å². The van der Waals surface area contributed by atoms with Crippen molar-refractivity contribution in [2.75, 3.05) is 12.4 Å². The van der Waals surface area contributed by atoms with E-state index >= 15 is 0 Å². The summed E-state index contributed by atoms with van der Waals surface area (Å²) in [5, 5.41) is 11.9. The molecule has 0 atom stereocenters. The Kier molecular flexibility index (Phi) is 3.22. The molecule has 0 spiro atoms. The quantitative estimate of drug-likeness (QED) is 0.807. The van der Waals surface area contributed by atoms with Gasteiger partial charge in [0.25, 0.3) is 0 Å². The van der Waals surface area contributed by atoms with Crippen molar-refractivity contribution in [2.24, 2.45) is 0 Å². The lowest BCUT2D eigenvalue weighted by atomic mass is 10.2. The van der Waals surface area contributed by atoms with E-state index < -0.39 is 0 Å². The molecule has 0 aliphatic carbocycles. The van der Waals surface area contributed by atoms with Crippen molar-refractivity contribution in [2.45, 2.75) is 0 Å². The first-order valence-electron chi connectivity index (χ1n) is 5.18. The maximum absolute atomic E-state index is 8.69. The molecule has 0 bridgehead atoms. The van der Waals surface area contributed by atoms with E-state index in [4.69, 9.17) is 10.1 Å². The number of ether oxygens (including phenoxy) is 1. The Morgan fingerprint density at radius 2 is 1.88 bits per heavy atom. The molecule has 0 radical (unpaired) electrons. The highest BCUT2D eigenvalue weighted by Gasteiger charge is 2.10. The zero-order valence-electron chi connectivity index (χ0n) is 9.42. The minimum absolute atomic E-state index is 0.459. The fourth-order valence-electron chi connectivity index (χ4n) is 1.52. The second-order valence-electron chi connectivity index (χ2n) is 3.48. The number of nitrogens with zero attached hydrogens (tertiary/aromatic N) is 2. The van der Waals surface area contributed by atoms with Gasteiger partial charge in [-0.05, 0) is 18.2 Å². The van der Waals surface area contributed by atoms with Crippen LogP contribution in [0.5, 0.6) is 5.75 Å². The molecule has 0 amide bonds. The van der Waals surface area contributed by atoms with E-state index in [0.717, 1.165) is 11.4 Å². The third kappa shape index (κ3) is 2.52. The van der Waals surface area contributed by atoms with E-state index in [2.05, 4.69) is 10.3 Å². The van der Waals surface area contributed by atoms with Crippen LogP contribution in [0.4, 0.5) is 17.1 Å². The van der Waals surface area contributed by atoms with E-state index in [-0.39, 0.29) is 0 Å². The van der Waals surface area contributed by atoms with Gasteiger partial charge >= 0.3 is 5.69 Å². The zero-order chi connectivity index (χ0) is 12.1. The van der Waals surface area contributed by atoms with Crippen LogP contribution in [0.3, 0.4) is 0 Å². The van der Waals surface area contributed by atoms with Crippen LogP contribution >= 0.6 is 0 Å². The second kappa shape index (κ2) is 4.99. The number of diazo groups is 1. The molecule has 0 unspecified atom stereocenters. The molecule has 84 valence electrons. The van der Waals surface area contributed by atoms with Gasteiger partial charge in [-0.25, -0.2) is 0 Å². The number of para-hydroxylation sites is 1. The Labute approximate surface area is 99.5 Å². The predicted octanol–water partition coefficient (Wildman–Crippen LogP) is 3.92. The first kappa shape index (κ1) is 11.0. The normalized spacial score (nSPS) is 9.41. The highest BCUT2D eigenvalue weighted by molar-refractivity contribution is 5.70. The van der Waals surface area contributed by atoms with E-state index in [1.165, 1.54) is 0 Å². The molecule has 1 N–H and O–H groups in total. The summed E-state index contributed by atoms with van der Waals surface area (Å²) < 4.78 is 5.23. The molecule has 0 aliphatic heterocycles. The van der Waals surface area contributed by atoms with Crippen LogP contribution in [0.2, 0.25) is 0 Å². The summed E-state index contributed by atoms with van der Waals surface area (Å²) in [6, 6.07) is 14.9. The summed E-state index contributed by atoms with van der Waals surface area (Å²) in [4.78, 5) is 3.12. The Bertz CT molecular complexity index is 546. The standard InChI is InChI=1S/C13H12N3O/c1-17-13-9-11(16-14)7-8-12(13)15-10-5-3-2-4-6-10/h2-9,15H,1H3/q+1. The summed E-state index contributed by atoms with van der Waals surface area (Å²) >= 11 is 0. The molecule has 4 nitrogen and oxygen atoms in total. The minimum Gasteiger partial charge on any atom is -0.494 e. The Balaban J connectivity index is 2.30. The molecule has 4 heteroatoms. The Morgan fingerprint density at radius 3 is 2.53 bits per heavy atom. The highest BCUT2D eigenvalue weighted by Crippen LogP contribution is 2.31. The molecular weight excluding hydrogens is 214 g/mol. The lowest BCUT2D eigenvalue weighted by Crippen LogP contribution is -1.93. The molecule has 2 aromatic carbocycles. The number of hydrogen-bond donors (Lipinski definition) is 1. The zero-order valence-corrected chi connectivity index (χ0v) is 9.42.